The fourth-order valence-corrected chi connectivity index (χ4v) is 4.54. The van der Waals surface area contributed by atoms with Crippen molar-refractivity contribution in [3.8, 4) is 0 Å². The molecule has 4 aromatic heterocycles. The van der Waals surface area contributed by atoms with Crippen LogP contribution >= 0.6 is 0 Å². The minimum Gasteiger partial charge on any atom is -0.362 e. The van der Waals surface area contributed by atoms with Crippen LogP contribution in [0.4, 0.5) is 0 Å². The highest BCUT2D eigenvalue weighted by atomic mass is 15.3. The number of nitrogens with one attached hydrogen (secondary N) is 4. The molecule has 0 radical (unpaired) electrons. The van der Waals surface area contributed by atoms with Crippen LogP contribution in [0.15, 0.2) is 60.9 Å². The Hall–Kier alpha value is -3.54. The molecule has 0 fully saturated rings. The zero-order valence-electron chi connectivity index (χ0n) is 16.9. The van der Waals surface area contributed by atoms with Gasteiger partial charge in [-0.25, -0.2) is 0 Å². The molecule has 2 aliphatic rings. The summed E-state index contributed by atoms with van der Waals surface area (Å²) in [6.45, 7) is 2.70. The molecule has 0 spiro atoms. The summed E-state index contributed by atoms with van der Waals surface area (Å²) in [7, 11) is 0. The Balaban J connectivity index is 1.29. The Bertz CT molecular complexity index is 1100. The quantitative estimate of drug-likeness (QED) is 0.364. The lowest BCUT2D eigenvalue weighted by Crippen LogP contribution is -2.25. The standard InChI is InChI=1S/C24H26N6/c1-3-19-12-21-5-7-23(27-21)14-29-9-10-30(16-29)15-24-8-6-22(28-24)13-20-4-2-18(26-20)11-17(1)25-19/h1-10,25-28H,11-16H2. The maximum atomic E-state index is 3.59. The van der Waals surface area contributed by atoms with Crippen molar-refractivity contribution < 1.29 is 0 Å². The number of aromatic nitrogens is 4. The Morgan fingerprint density at radius 3 is 1.10 bits per heavy atom. The van der Waals surface area contributed by atoms with Gasteiger partial charge in [0.2, 0.25) is 0 Å². The van der Waals surface area contributed by atoms with Crippen molar-refractivity contribution in [3.63, 3.8) is 0 Å². The first-order valence-electron chi connectivity index (χ1n) is 10.6. The first kappa shape index (κ1) is 17.3. The van der Waals surface area contributed by atoms with Gasteiger partial charge in [-0.1, -0.05) is 0 Å². The van der Waals surface area contributed by atoms with Crippen molar-refractivity contribution in [1.29, 1.82) is 0 Å². The summed E-state index contributed by atoms with van der Waals surface area (Å²) in [6, 6.07) is 17.6. The van der Waals surface area contributed by atoms with Crippen molar-refractivity contribution in [2.45, 2.75) is 32.4 Å². The average molecular weight is 399 g/mol. The molecular formula is C24H26N6. The molecular weight excluding hydrogens is 372 g/mol. The first-order valence-corrected chi connectivity index (χ1v) is 10.6. The van der Waals surface area contributed by atoms with E-state index in [0.717, 1.165) is 39.0 Å². The van der Waals surface area contributed by atoms with Gasteiger partial charge in [0, 0.05) is 77.2 Å². The zero-order valence-corrected chi connectivity index (χ0v) is 16.9. The zero-order chi connectivity index (χ0) is 19.9. The van der Waals surface area contributed by atoms with Gasteiger partial charge in [0.15, 0.2) is 0 Å². The maximum absolute atomic E-state index is 3.59. The van der Waals surface area contributed by atoms with Crippen molar-refractivity contribution in [2.75, 3.05) is 6.67 Å². The van der Waals surface area contributed by atoms with Crippen LogP contribution in [0.3, 0.4) is 0 Å². The number of aromatic amines is 4. The lowest BCUT2D eigenvalue weighted by molar-refractivity contribution is 0.251. The molecule has 0 unspecified atom stereocenters. The molecule has 0 atom stereocenters. The molecule has 0 amide bonds. The second-order valence-electron chi connectivity index (χ2n) is 8.50. The van der Waals surface area contributed by atoms with Gasteiger partial charge in [-0.15, -0.1) is 0 Å². The molecule has 152 valence electrons. The van der Waals surface area contributed by atoms with E-state index in [9.17, 15) is 0 Å². The van der Waals surface area contributed by atoms with Crippen molar-refractivity contribution in [2.24, 2.45) is 0 Å². The topological polar surface area (TPSA) is 69.6 Å². The summed E-state index contributed by atoms with van der Waals surface area (Å²) < 4.78 is 0. The molecule has 6 rings (SSSR count). The Morgan fingerprint density at radius 1 is 0.433 bits per heavy atom. The predicted octanol–water partition coefficient (Wildman–Crippen LogP) is 3.83. The van der Waals surface area contributed by atoms with E-state index in [1.807, 2.05) is 0 Å². The van der Waals surface area contributed by atoms with Crippen LogP contribution in [0.25, 0.3) is 0 Å². The van der Waals surface area contributed by atoms with E-state index in [4.69, 9.17) is 0 Å². The number of hydrogen-bond donors (Lipinski definition) is 4. The molecule has 0 saturated carbocycles. The highest BCUT2D eigenvalue weighted by molar-refractivity contribution is 5.27. The highest BCUT2D eigenvalue weighted by Gasteiger charge is 2.15. The number of nitrogens with zero attached hydrogens (tertiary/aromatic N) is 2. The summed E-state index contributed by atoms with van der Waals surface area (Å²) in [5, 5.41) is 0. The van der Waals surface area contributed by atoms with Gasteiger partial charge in [0.25, 0.3) is 0 Å². The molecule has 30 heavy (non-hydrogen) atoms. The van der Waals surface area contributed by atoms with Crippen LogP contribution in [-0.2, 0) is 32.4 Å². The minimum atomic E-state index is 0.890. The summed E-state index contributed by atoms with van der Waals surface area (Å²) >= 11 is 0. The van der Waals surface area contributed by atoms with E-state index in [1.165, 1.54) is 45.6 Å². The van der Waals surface area contributed by atoms with Gasteiger partial charge in [0.1, 0.15) is 0 Å². The second-order valence-corrected chi connectivity index (χ2v) is 8.50. The summed E-state index contributed by atoms with van der Waals surface area (Å²) in [5.74, 6) is 0. The van der Waals surface area contributed by atoms with Crippen LogP contribution in [0.5, 0.6) is 0 Å². The minimum absolute atomic E-state index is 0.890. The smallest absolute Gasteiger partial charge is 0.0901 e. The predicted molar refractivity (Wildman–Crippen MR) is 117 cm³/mol. The molecule has 6 heteroatoms. The third-order valence-corrected chi connectivity index (χ3v) is 5.97. The van der Waals surface area contributed by atoms with Crippen LogP contribution in [0, 0.1) is 0 Å². The van der Waals surface area contributed by atoms with Crippen molar-refractivity contribution in [1.82, 2.24) is 29.7 Å². The largest absolute Gasteiger partial charge is 0.362 e. The van der Waals surface area contributed by atoms with E-state index in [2.05, 4.69) is 90.7 Å². The van der Waals surface area contributed by atoms with E-state index < -0.39 is 0 Å². The van der Waals surface area contributed by atoms with Crippen LogP contribution < -0.4 is 0 Å². The SMILES string of the molecule is C1=CN2Cc3ccc([nH]3)Cc3ccc([nH]3)Cc3ccc([nH]3)Cc3ccc([nH]3)CN1C2. The fraction of sp³-hybridized carbons (Fsp3) is 0.250. The van der Waals surface area contributed by atoms with Crippen LogP contribution in [0.1, 0.15) is 45.6 Å². The van der Waals surface area contributed by atoms with Crippen LogP contribution in [-0.4, -0.2) is 36.4 Å². The van der Waals surface area contributed by atoms with Crippen molar-refractivity contribution >= 4 is 0 Å². The lowest BCUT2D eigenvalue weighted by atomic mass is 10.2. The Kier molecular flexibility index (Phi) is 4.08. The Labute approximate surface area is 175 Å². The van der Waals surface area contributed by atoms with Gasteiger partial charge in [0.05, 0.1) is 19.8 Å². The van der Waals surface area contributed by atoms with Gasteiger partial charge in [-0.05, 0) is 48.5 Å². The second kappa shape index (κ2) is 7.06. The number of fused-ring (bicyclic) bond motifs is 10. The number of H-pyrrole nitrogens is 4. The number of rotatable bonds is 0. The lowest BCUT2D eigenvalue weighted by Gasteiger charge is -2.20. The van der Waals surface area contributed by atoms with E-state index in [-0.39, 0.29) is 0 Å². The normalized spacial score (nSPS) is 16.3. The monoisotopic (exact) mass is 398 g/mol. The van der Waals surface area contributed by atoms with E-state index >= 15 is 0 Å². The molecule has 6 nitrogen and oxygen atoms in total. The molecule has 6 heterocycles. The number of hydrogen-bond acceptors (Lipinski definition) is 2. The molecule has 4 aromatic rings. The average Bonchev–Trinajstić information content (AvgIpc) is 3.52. The molecule has 0 aliphatic carbocycles. The molecule has 2 aliphatic heterocycles. The van der Waals surface area contributed by atoms with Gasteiger partial charge < -0.3 is 29.7 Å². The molecule has 4 N–H and O–H groups in total. The van der Waals surface area contributed by atoms with E-state index in [1.54, 1.807) is 0 Å². The van der Waals surface area contributed by atoms with Crippen molar-refractivity contribution in [3.05, 3.63) is 106 Å². The molecule has 10 bridgehead atoms. The summed E-state index contributed by atoms with van der Waals surface area (Å²) in [4.78, 5) is 19.0. The molecule has 0 saturated heterocycles. The van der Waals surface area contributed by atoms with Crippen LogP contribution in [0.2, 0.25) is 0 Å². The summed E-state index contributed by atoms with van der Waals surface area (Å²) in [6.07, 6.45) is 7.05. The first-order chi connectivity index (χ1) is 14.7. The molecule has 0 aromatic carbocycles. The third-order valence-electron chi connectivity index (χ3n) is 5.97. The van der Waals surface area contributed by atoms with Gasteiger partial charge in [-0.2, -0.15) is 0 Å². The highest BCUT2D eigenvalue weighted by Crippen LogP contribution is 2.18. The maximum Gasteiger partial charge on any atom is 0.0901 e. The van der Waals surface area contributed by atoms with Gasteiger partial charge in [-0.3, -0.25) is 0 Å². The fourth-order valence-electron chi connectivity index (χ4n) is 4.54. The summed E-state index contributed by atoms with van der Waals surface area (Å²) in [5.41, 5.74) is 9.95. The Morgan fingerprint density at radius 2 is 0.733 bits per heavy atom. The third kappa shape index (κ3) is 3.56. The van der Waals surface area contributed by atoms with Gasteiger partial charge >= 0.3 is 0 Å². The van der Waals surface area contributed by atoms with E-state index in [0.29, 0.717) is 0 Å².